The number of nitrogens with two attached hydrogens (primary N) is 1. The van der Waals surface area contributed by atoms with Crippen molar-refractivity contribution in [2.75, 3.05) is 25.4 Å². The number of hydrogen-bond donors (Lipinski definition) is 2. The zero-order valence-corrected chi connectivity index (χ0v) is 10.9. The lowest BCUT2D eigenvalue weighted by molar-refractivity contribution is -0.152. The molecule has 1 aliphatic rings. The molecule has 0 amide bonds. The largest absolute Gasteiger partial charge is 0.481 e. The number of sulfonamides is 1. The van der Waals surface area contributed by atoms with Crippen LogP contribution in [-0.2, 0) is 14.8 Å². The Labute approximate surface area is 102 Å². The SMILES string of the molecule is CCC1(C(=O)O)CCCN(CCS(N)(=O)=O)C1. The molecule has 17 heavy (non-hydrogen) atoms. The van der Waals surface area contributed by atoms with Gasteiger partial charge in [0.1, 0.15) is 0 Å². The van der Waals surface area contributed by atoms with Gasteiger partial charge in [0.2, 0.25) is 10.0 Å². The molecule has 1 saturated heterocycles. The minimum absolute atomic E-state index is 0.119. The summed E-state index contributed by atoms with van der Waals surface area (Å²) in [4.78, 5) is 13.2. The molecule has 7 heteroatoms. The van der Waals surface area contributed by atoms with E-state index in [0.29, 0.717) is 25.9 Å². The average molecular weight is 264 g/mol. The molecule has 0 saturated carbocycles. The summed E-state index contributed by atoms with van der Waals surface area (Å²) < 4.78 is 21.7. The zero-order chi connectivity index (χ0) is 13.1. The number of primary sulfonamides is 1. The van der Waals surface area contributed by atoms with Crippen LogP contribution < -0.4 is 5.14 Å². The maximum atomic E-state index is 11.3. The van der Waals surface area contributed by atoms with Gasteiger partial charge in [-0.3, -0.25) is 4.79 Å². The molecule has 100 valence electrons. The van der Waals surface area contributed by atoms with Crippen LogP contribution in [0.4, 0.5) is 0 Å². The Morgan fingerprint density at radius 3 is 2.65 bits per heavy atom. The Kier molecular flexibility index (Phi) is 4.51. The van der Waals surface area contributed by atoms with Gasteiger partial charge in [-0.2, -0.15) is 0 Å². The third-order valence-electron chi connectivity index (χ3n) is 3.48. The van der Waals surface area contributed by atoms with Crippen molar-refractivity contribution in [1.29, 1.82) is 0 Å². The van der Waals surface area contributed by atoms with Gasteiger partial charge in [-0.1, -0.05) is 6.92 Å². The molecule has 1 fully saturated rings. The summed E-state index contributed by atoms with van der Waals surface area (Å²) in [6, 6.07) is 0. The van der Waals surface area contributed by atoms with E-state index in [0.717, 1.165) is 13.0 Å². The second-order valence-corrected chi connectivity index (χ2v) is 6.42. The normalized spacial score (nSPS) is 26.9. The summed E-state index contributed by atoms with van der Waals surface area (Å²) in [5, 5.41) is 14.2. The maximum absolute atomic E-state index is 11.3. The number of hydrogen-bond acceptors (Lipinski definition) is 4. The van der Waals surface area contributed by atoms with Crippen molar-refractivity contribution in [3.05, 3.63) is 0 Å². The quantitative estimate of drug-likeness (QED) is 0.719. The predicted octanol–water partition coefficient (Wildman–Crippen LogP) is -0.148. The van der Waals surface area contributed by atoms with Crippen molar-refractivity contribution < 1.29 is 18.3 Å². The number of aliphatic carboxylic acids is 1. The van der Waals surface area contributed by atoms with Crippen molar-refractivity contribution in [1.82, 2.24) is 4.90 Å². The van der Waals surface area contributed by atoms with E-state index in [4.69, 9.17) is 5.14 Å². The van der Waals surface area contributed by atoms with Gasteiger partial charge in [0.15, 0.2) is 0 Å². The molecule has 0 aliphatic carbocycles. The first-order valence-corrected chi connectivity index (χ1v) is 7.47. The van der Waals surface area contributed by atoms with E-state index in [-0.39, 0.29) is 5.75 Å². The first kappa shape index (κ1) is 14.4. The number of piperidine rings is 1. The number of likely N-dealkylation sites (tertiary alicyclic amines) is 1. The van der Waals surface area contributed by atoms with Gasteiger partial charge in [0, 0.05) is 13.1 Å². The lowest BCUT2D eigenvalue weighted by Crippen LogP contribution is -2.48. The van der Waals surface area contributed by atoms with Gasteiger partial charge in [0.25, 0.3) is 0 Å². The van der Waals surface area contributed by atoms with Crippen molar-refractivity contribution in [2.45, 2.75) is 26.2 Å². The van der Waals surface area contributed by atoms with Crippen molar-refractivity contribution in [2.24, 2.45) is 10.6 Å². The third kappa shape index (κ3) is 3.93. The van der Waals surface area contributed by atoms with Crippen LogP contribution in [-0.4, -0.2) is 49.8 Å². The second-order valence-electron chi connectivity index (χ2n) is 4.69. The van der Waals surface area contributed by atoms with Crippen molar-refractivity contribution in [3.8, 4) is 0 Å². The van der Waals surface area contributed by atoms with Crippen LogP contribution in [0.15, 0.2) is 0 Å². The fourth-order valence-corrected chi connectivity index (χ4v) is 2.80. The molecule has 1 aliphatic heterocycles. The fourth-order valence-electron chi connectivity index (χ4n) is 2.29. The standard InChI is InChI=1S/C10H20N2O4S/c1-2-10(9(13)14)4-3-5-12(8-10)6-7-17(11,15)16/h2-8H2,1H3,(H,13,14)(H2,11,15,16). The Bertz CT molecular complexity index is 382. The van der Waals surface area contributed by atoms with Crippen molar-refractivity contribution >= 4 is 16.0 Å². The molecular formula is C10H20N2O4S. The Hall–Kier alpha value is -0.660. The molecule has 6 nitrogen and oxygen atoms in total. The zero-order valence-electron chi connectivity index (χ0n) is 10.1. The minimum atomic E-state index is -3.48. The molecule has 0 spiro atoms. The molecular weight excluding hydrogens is 244 g/mol. The molecule has 0 aromatic rings. The lowest BCUT2D eigenvalue weighted by Gasteiger charge is -2.39. The molecule has 0 radical (unpaired) electrons. The third-order valence-corrected chi connectivity index (χ3v) is 4.23. The first-order chi connectivity index (χ1) is 7.79. The summed E-state index contributed by atoms with van der Waals surface area (Å²) in [5.74, 6) is -0.910. The van der Waals surface area contributed by atoms with Gasteiger partial charge >= 0.3 is 5.97 Å². The molecule has 3 N–H and O–H groups in total. The fraction of sp³-hybridized carbons (Fsp3) is 0.900. The van der Waals surface area contributed by atoms with Crippen LogP contribution in [0.2, 0.25) is 0 Å². The molecule has 1 atom stereocenters. The highest BCUT2D eigenvalue weighted by Gasteiger charge is 2.40. The van der Waals surface area contributed by atoms with Crippen LogP contribution in [0.25, 0.3) is 0 Å². The lowest BCUT2D eigenvalue weighted by atomic mass is 9.78. The smallest absolute Gasteiger partial charge is 0.310 e. The highest BCUT2D eigenvalue weighted by molar-refractivity contribution is 7.89. The number of carbonyl (C=O) groups is 1. The van der Waals surface area contributed by atoms with Crippen LogP contribution in [0, 0.1) is 5.41 Å². The summed E-state index contributed by atoms with van der Waals surface area (Å²) in [7, 11) is -3.48. The summed E-state index contributed by atoms with van der Waals surface area (Å²) in [6.45, 7) is 3.32. The van der Waals surface area contributed by atoms with E-state index in [1.807, 2.05) is 11.8 Å². The molecule has 0 aromatic carbocycles. The molecule has 0 aromatic heterocycles. The highest BCUT2D eigenvalue weighted by atomic mass is 32.2. The van der Waals surface area contributed by atoms with Crippen molar-refractivity contribution in [3.63, 3.8) is 0 Å². The van der Waals surface area contributed by atoms with Gasteiger partial charge in [-0.25, -0.2) is 13.6 Å². The summed E-state index contributed by atoms with van der Waals surface area (Å²) in [6.07, 6.45) is 2.00. The average Bonchev–Trinajstić information content (AvgIpc) is 2.25. The van der Waals surface area contributed by atoms with E-state index in [1.54, 1.807) is 0 Å². The number of nitrogens with zero attached hydrogens (tertiary/aromatic N) is 1. The van der Waals surface area contributed by atoms with Gasteiger partial charge in [-0.15, -0.1) is 0 Å². The van der Waals surface area contributed by atoms with Gasteiger partial charge < -0.3 is 10.0 Å². The van der Waals surface area contributed by atoms with E-state index in [9.17, 15) is 18.3 Å². The van der Waals surface area contributed by atoms with Gasteiger partial charge in [0.05, 0.1) is 11.2 Å². The van der Waals surface area contributed by atoms with Crippen LogP contribution >= 0.6 is 0 Å². The van der Waals surface area contributed by atoms with Crippen LogP contribution in [0.1, 0.15) is 26.2 Å². The Morgan fingerprint density at radius 2 is 2.18 bits per heavy atom. The first-order valence-electron chi connectivity index (χ1n) is 5.75. The molecule has 1 heterocycles. The van der Waals surface area contributed by atoms with Crippen LogP contribution in [0.3, 0.4) is 0 Å². The number of rotatable bonds is 5. The molecule has 0 bridgehead atoms. The molecule has 1 unspecified atom stereocenters. The van der Waals surface area contributed by atoms with E-state index < -0.39 is 21.4 Å². The second kappa shape index (κ2) is 5.32. The topological polar surface area (TPSA) is 101 Å². The predicted molar refractivity (Wildman–Crippen MR) is 64.0 cm³/mol. The Morgan fingerprint density at radius 1 is 1.53 bits per heavy atom. The summed E-state index contributed by atoms with van der Waals surface area (Å²) in [5.41, 5.74) is -0.726. The van der Waals surface area contributed by atoms with E-state index in [2.05, 4.69) is 0 Å². The number of carboxylic acid groups (broad SMARTS) is 1. The van der Waals surface area contributed by atoms with Crippen LogP contribution in [0.5, 0.6) is 0 Å². The monoisotopic (exact) mass is 264 g/mol. The molecule has 1 rings (SSSR count). The Balaban J connectivity index is 2.63. The maximum Gasteiger partial charge on any atom is 0.310 e. The highest BCUT2D eigenvalue weighted by Crippen LogP contribution is 2.33. The minimum Gasteiger partial charge on any atom is -0.481 e. The van der Waals surface area contributed by atoms with E-state index in [1.165, 1.54) is 0 Å². The van der Waals surface area contributed by atoms with Gasteiger partial charge in [-0.05, 0) is 25.8 Å². The van der Waals surface area contributed by atoms with E-state index >= 15 is 0 Å². The number of carboxylic acids is 1. The summed E-state index contributed by atoms with van der Waals surface area (Å²) >= 11 is 0.